The summed E-state index contributed by atoms with van der Waals surface area (Å²) in [4.78, 5) is 12.4. The van der Waals surface area contributed by atoms with E-state index in [2.05, 4.69) is 28.8 Å². The number of alkyl halides is 3. The molecule has 0 saturated heterocycles. The summed E-state index contributed by atoms with van der Waals surface area (Å²) >= 11 is 17.6. The molecule has 118 valence electrons. The van der Waals surface area contributed by atoms with Crippen LogP contribution in [0.15, 0.2) is 18.5 Å². The van der Waals surface area contributed by atoms with E-state index in [0.29, 0.717) is 5.82 Å². The summed E-state index contributed by atoms with van der Waals surface area (Å²) in [5.41, 5.74) is 3.17. The third kappa shape index (κ3) is 3.45. The van der Waals surface area contributed by atoms with Crippen molar-refractivity contribution in [2.75, 3.05) is 7.11 Å². The van der Waals surface area contributed by atoms with Crippen molar-refractivity contribution in [3.8, 4) is 17.1 Å². The first kappa shape index (κ1) is 17.3. The van der Waals surface area contributed by atoms with E-state index in [0.717, 1.165) is 35.3 Å². The Morgan fingerprint density at radius 3 is 2.27 bits per heavy atom. The fourth-order valence-electron chi connectivity index (χ4n) is 2.43. The molecule has 0 aliphatic rings. The molecule has 2 aromatic rings. The summed E-state index contributed by atoms with van der Waals surface area (Å²) in [6, 6.07) is 3.83. The average Bonchev–Trinajstić information content (AvgIpc) is 2.52. The number of hydrogen-bond acceptors (Lipinski definition) is 4. The van der Waals surface area contributed by atoms with E-state index in [1.54, 1.807) is 7.11 Å². The molecule has 22 heavy (non-hydrogen) atoms. The topological polar surface area (TPSA) is 47.9 Å². The lowest BCUT2D eigenvalue weighted by molar-refractivity contribution is 0.409. The van der Waals surface area contributed by atoms with Crippen LogP contribution >= 0.6 is 34.8 Å². The van der Waals surface area contributed by atoms with Gasteiger partial charge in [0.2, 0.25) is 3.79 Å². The highest BCUT2D eigenvalue weighted by Crippen LogP contribution is 2.37. The van der Waals surface area contributed by atoms with Gasteiger partial charge in [-0.2, -0.15) is 0 Å². The predicted molar refractivity (Wildman–Crippen MR) is 89.8 cm³/mol. The molecule has 1 aromatic carbocycles. The normalized spacial score (nSPS) is 11.5. The second-order valence-electron chi connectivity index (χ2n) is 4.61. The number of rotatable bonds is 4. The minimum absolute atomic E-state index is 0.110. The first-order valence-corrected chi connectivity index (χ1v) is 8.01. The van der Waals surface area contributed by atoms with E-state index in [1.165, 1.54) is 6.33 Å². The van der Waals surface area contributed by atoms with Crippen molar-refractivity contribution in [1.29, 1.82) is 0 Å². The number of nitrogens with zero attached hydrogens (tertiary/aromatic N) is 3. The summed E-state index contributed by atoms with van der Waals surface area (Å²) in [7, 11) is 1.66. The lowest BCUT2D eigenvalue weighted by Gasteiger charge is -2.16. The van der Waals surface area contributed by atoms with Crippen molar-refractivity contribution in [3.05, 3.63) is 35.4 Å². The first-order chi connectivity index (χ1) is 10.4. The van der Waals surface area contributed by atoms with Gasteiger partial charge in [0, 0.05) is 5.56 Å². The molecule has 1 aromatic heterocycles. The van der Waals surface area contributed by atoms with Crippen LogP contribution in [0.1, 0.15) is 30.8 Å². The Bertz CT molecular complexity index is 672. The molecule has 0 bridgehead atoms. The third-order valence-corrected chi connectivity index (χ3v) is 3.89. The highest BCUT2D eigenvalue weighted by molar-refractivity contribution is 6.66. The number of halogens is 3. The zero-order chi connectivity index (χ0) is 16.3. The zero-order valence-corrected chi connectivity index (χ0v) is 14.8. The second kappa shape index (κ2) is 6.99. The molecule has 4 nitrogen and oxygen atoms in total. The molecule has 0 amide bonds. The molecule has 0 unspecified atom stereocenters. The van der Waals surface area contributed by atoms with E-state index < -0.39 is 3.79 Å². The summed E-state index contributed by atoms with van der Waals surface area (Å²) in [5.74, 6) is 1.46. The maximum absolute atomic E-state index is 5.86. The highest BCUT2D eigenvalue weighted by atomic mass is 35.6. The zero-order valence-electron chi connectivity index (χ0n) is 12.5. The number of methoxy groups -OCH3 is 1. The third-order valence-electron chi connectivity index (χ3n) is 3.38. The molecular formula is C15H16Cl3N3O. The quantitative estimate of drug-likeness (QED) is 0.753. The molecule has 0 aliphatic carbocycles. The van der Waals surface area contributed by atoms with Crippen LogP contribution in [-0.2, 0) is 16.6 Å². The number of benzene rings is 1. The van der Waals surface area contributed by atoms with Crippen molar-refractivity contribution in [1.82, 2.24) is 15.0 Å². The van der Waals surface area contributed by atoms with Crippen LogP contribution in [0.2, 0.25) is 0 Å². The van der Waals surface area contributed by atoms with Gasteiger partial charge < -0.3 is 4.74 Å². The van der Waals surface area contributed by atoms with Gasteiger partial charge in [0.05, 0.1) is 7.11 Å². The monoisotopic (exact) mass is 359 g/mol. The fraction of sp³-hybridized carbons (Fsp3) is 0.400. The molecule has 0 saturated carbocycles. The van der Waals surface area contributed by atoms with Gasteiger partial charge in [0.15, 0.2) is 11.6 Å². The first-order valence-electron chi connectivity index (χ1n) is 6.87. The molecule has 0 N–H and O–H groups in total. The Hall–Kier alpha value is -1.10. The van der Waals surface area contributed by atoms with Crippen molar-refractivity contribution in [3.63, 3.8) is 0 Å². The van der Waals surface area contributed by atoms with Crippen LogP contribution in [0.25, 0.3) is 11.4 Å². The minimum atomic E-state index is -1.68. The standard InChI is InChI=1S/C15H16Cl3N3O/c1-4-9-10(5-2)12(22-3)7-6-11(9)13-19-8-20-14(21-13)15(16,17)18/h6-8H,4-5H2,1-3H3. The van der Waals surface area contributed by atoms with Gasteiger partial charge in [-0.15, -0.1) is 0 Å². The van der Waals surface area contributed by atoms with Crippen LogP contribution < -0.4 is 4.74 Å². The van der Waals surface area contributed by atoms with Gasteiger partial charge in [-0.1, -0.05) is 48.7 Å². The maximum Gasteiger partial charge on any atom is 0.250 e. The van der Waals surface area contributed by atoms with E-state index in [1.807, 2.05) is 12.1 Å². The van der Waals surface area contributed by atoms with Gasteiger partial charge in [-0.25, -0.2) is 15.0 Å². The van der Waals surface area contributed by atoms with Gasteiger partial charge in [0.1, 0.15) is 12.1 Å². The predicted octanol–water partition coefficient (Wildman–Crippen LogP) is 4.50. The molecule has 0 aliphatic heterocycles. The van der Waals surface area contributed by atoms with Crippen molar-refractivity contribution >= 4 is 34.8 Å². The summed E-state index contributed by atoms with van der Waals surface area (Å²) in [6.07, 6.45) is 3.03. The number of aromatic nitrogens is 3. The minimum Gasteiger partial charge on any atom is -0.496 e. The molecule has 0 fully saturated rings. The Kier molecular flexibility index (Phi) is 5.48. The van der Waals surface area contributed by atoms with Crippen molar-refractivity contribution in [2.45, 2.75) is 30.5 Å². The summed E-state index contributed by atoms with van der Waals surface area (Å²) in [5, 5.41) is 0. The van der Waals surface area contributed by atoms with Crippen molar-refractivity contribution < 1.29 is 4.74 Å². The van der Waals surface area contributed by atoms with Crippen LogP contribution in [-0.4, -0.2) is 22.1 Å². The lowest BCUT2D eigenvalue weighted by atomic mass is 9.95. The molecule has 0 spiro atoms. The van der Waals surface area contributed by atoms with Gasteiger partial charge >= 0.3 is 0 Å². The summed E-state index contributed by atoms with van der Waals surface area (Å²) < 4.78 is 3.75. The van der Waals surface area contributed by atoms with Gasteiger partial charge in [0.25, 0.3) is 0 Å². The van der Waals surface area contributed by atoms with E-state index >= 15 is 0 Å². The maximum atomic E-state index is 5.86. The molecular weight excluding hydrogens is 345 g/mol. The molecule has 7 heteroatoms. The highest BCUT2D eigenvalue weighted by Gasteiger charge is 2.27. The van der Waals surface area contributed by atoms with E-state index in [-0.39, 0.29) is 5.82 Å². The number of ether oxygens (including phenoxy) is 1. The fourth-order valence-corrected chi connectivity index (χ4v) is 2.70. The SMILES string of the molecule is CCc1c(OC)ccc(-c2ncnc(C(Cl)(Cl)Cl)n2)c1CC. The lowest BCUT2D eigenvalue weighted by Crippen LogP contribution is -2.09. The molecule has 2 rings (SSSR count). The molecule has 0 radical (unpaired) electrons. The smallest absolute Gasteiger partial charge is 0.250 e. The Labute approximate surface area is 144 Å². The number of hydrogen-bond donors (Lipinski definition) is 0. The molecule has 0 atom stereocenters. The second-order valence-corrected chi connectivity index (χ2v) is 6.89. The van der Waals surface area contributed by atoms with Gasteiger partial charge in [-0.3, -0.25) is 0 Å². The van der Waals surface area contributed by atoms with E-state index in [4.69, 9.17) is 39.5 Å². The average molecular weight is 361 g/mol. The van der Waals surface area contributed by atoms with E-state index in [9.17, 15) is 0 Å². The summed E-state index contributed by atoms with van der Waals surface area (Å²) in [6.45, 7) is 4.16. The Morgan fingerprint density at radius 1 is 1.05 bits per heavy atom. The Morgan fingerprint density at radius 2 is 1.73 bits per heavy atom. The van der Waals surface area contributed by atoms with Crippen LogP contribution in [0.3, 0.4) is 0 Å². The van der Waals surface area contributed by atoms with Crippen LogP contribution in [0.4, 0.5) is 0 Å². The van der Waals surface area contributed by atoms with Crippen molar-refractivity contribution in [2.24, 2.45) is 0 Å². The van der Waals surface area contributed by atoms with Crippen LogP contribution in [0.5, 0.6) is 5.75 Å². The van der Waals surface area contributed by atoms with Gasteiger partial charge in [-0.05, 0) is 36.1 Å². The largest absolute Gasteiger partial charge is 0.496 e. The molecule has 1 heterocycles. The van der Waals surface area contributed by atoms with Crippen LogP contribution in [0, 0.1) is 0 Å². The Balaban J connectivity index is 2.63.